The van der Waals surface area contributed by atoms with E-state index in [4.69, 9.17) is 23.2 Å². The molecule has 2 aromatic carbocycles. The van der Waals surface area contributed by atoms with E-state index >= 15 is 0 Å². The first-order chi connectivity index (χ1) is 14.9. The number of nitrogens with zero attached hydrogens (tertiary/aromatic N) is 2. The number of esters is 1. The minimum Gasteiger partial charge on any atom is -0.477 e. The number of benzene rings is 2. The fourth-order valence-electron chi connectivity index (χ4n) is 2.91. The van der Waals surface area contributed by atoms with Gasteiger partial charge in [-0.3, -0.25) is 9.36 Å². The number of ether oxygens (including phenoxy) is 1. The summed E-state index contributed by atoms with van der Waals surface area (Å²) in [4.78, 5) is 39.6. The summed E-state index contributed by atoms with van der Waals surface area (Å²) in [5.74, 6) is -5.32. The molecule has 3 aromatic rings. The molecule has 0 saturated heterocycles. The van der Waals surface area contributed by atoms with Gasteiger partial charge in [0, 0.05) is 0 Å². The Morgan fingerprint density at radius 1 is 1.12 bits per heavy atom. The van der Waals surface area contributed by atoms with Crippen LogP contribution in [-0.2, 0) is 14.3 Å². The number of hydrogen-bond donors (Lipinski definition) is 2. The van der Waals surface area contributed by atoms with Gasteiger partial charge in [-0.15, -0.1) is 0 Å². The lowest BCUT2D eigenvalue weighted by Gasteiger charge is -2.18. The zero-order chi connectivity index (χ0) is 23.8. The number of amides is 1. The van der Waals surface area contributed by atoms with Gasteiger partial charge in [-0.1, -0.05) is 35.3 Å². The number of hydrogen-bond acceptors (Lipinski definition) is 5. The van der Waals surface area contributed by atoms with E-state index in [9.17, 15) is 32.7 Å². The molecule has 13 heteroatoms. The molecule has 1 atom stereocenters. The second kappa shape index (κ2) is 8.67. The molecule has 1 unspecified atom stereocenters. The van der Waals surface area contributed by atoms with Crippen molar-refractivity contribution in [3.8, 4) is 0 Å². The summed E-state index contributed by atoms with van der Waals surface area (Å²) in [6.45, 7) is 1.30. The van der Waals surface area contributed by atoms with Crippen molar-refractivity contribution in [2.24, 2.45) is 0 Å². The van der Waals surface area contributed by atoms with Gasteiger partial charge in [0.25, 0.3) is 12.1 Å². The number of aliphatic carboxylic acids is 1. The number of aromatic nitrogens is 2. The van der Waals surface area contributed by atoms with Crippen LogP contribution in [0, 0.1) is 6.92 Å². The summed E-state index contributed by atoms with van der Waals surface area (Å²) in [5, 5.41) is 12.1. The van der Waals surface area contributed by atoms with Gasteiger partial charge in [0.05, 0.1) is 26.8 Å². The molecule has 0 aliphatic heterocycles. The highest BCUT2D eigenvalue weighted by atomic mass is 35.5. The maximum atomic E-state index is 12.7. The first kappa shape index (κ1) is 23.4. The van der Waals surface area contributed by atoms with E-state index < -0.39 is 30.2 Å². The van der Waals surface area contributed by atoms with Crippen LogP contribution < -0.4 is 5.32 Å². The van der Waals surface area contributed by atoms with Crippen molar-refractivity contribution in [1.29, 1.82) is 0 Å². The van der Waals surface area contributed by atoms with E-state index in [1.807, 2.05) is 0 Å². The number of halogens is 5. The van der Waals surface area contributed by atoms with Gasteiger partial charge in [0.2, 0.25) is 0 Å². The normalized spacial score (nSPS) is 12.4. The summed E-state index contributed by atoms with van der Waals surface area (Å²) in [6, 6.07) is 8.61. The standard InChI is InChI=1S/C19H12Cl2F3N3O5/c1-8-25-14-11(26-15(28)13-9(20)4-2-5-10(13)21)6-3-7-12(14)27(8)16(17(29)30)32-18(31)19(22,23)24/h2-7,16H,1H3,(H,26,28)(H,29,30). The number of carbonyl (C=O) groups is 3. The van der Waals surface area contributed by atoms with Gasteiger partial charge >= 0.3 is 18.1 Å². The average Bonchev–Trinajstić information content (AvgIpc) is 3.01. The topological polar surface area (TPSA) is 111 Å². The number of carboxylic acids is 1. The number of para-hydroxylation sites is 1. The Balaban J connectivity index is 2.05. The van der Waals surface area contributed by atoms with Crippen LogP contribution in [0.2, 0.25) is 10.0 Å². The number of carbonyl (C=O) groups excluding carboxylic acids is 2. The third kappa shape index (κ3) is 4.48. The molecule has 2 N–H and O–H groups in total. The molecule has 1 heterocycles. The number of aryl methyl sites for hydroxylation is 1. The minimum absolute atomic E-state index is 0.00655. The van der Waals surface area contributed by atoms with Crippen molar-refractivity contribution in [3.63, 3.8) is 0 Å². The molecule has 0 bridgehead atoms. The van der Waals surface area contributed by atoms with Gasteiger partial charge in [-0.25, -0.2) is 14.6 Å². The van der Waals surface area contributed by atoms with E-state index in [1.165, 1.54) is 37.3 Å². The predicted molar refractivity (Wildman–Crippen MR) is 108 cm³/mol. The van der Waals surface area contributed by atoms with Crippen molar-refractivity contribution in [3.05, 3.63) is 57.8 Å². The van der Waals surface area contributed by atoms with Crippen LogP contribution in [0.15, 0.2) is 36.4 Å². The number of rotatable bonds is 5. The average molecular weight is 490 g/mol. The monoisotopic (exact) mass is 489 g/mol. The SMILES string of the molecule is Cc1nc2c(NC(=O)c3c(Cl)cccc3Cl)cccc2n1C(OC(=O)C(F)(F)F)C(=O)O. The molecule has 168 valence electrons. The summed E-state index contributed by atoms with van der Waals surface area (Å²) in [7, 11) is 0. The number of anilines is 1. The Morgan fingerprint density at radius 2 is 1.72 bits per heavy atom. The van der Waals surface area contributed by atoms with Gasteiger partial charge in [0.15, 0.2) is 0 Å². The first-order valence-corrected chi connectivity index (χ1v) is 9.41. The summed E-state index contributed by atoms with van der Waals surface area (Å²) < 4.78 is 42.8. The van der Waals surface area contributed by atoms with E-state index in [0.29, 0.717) is 0 Å². The highest BCUT2D eigenvalue weighted by molar-refractivity contribution is 6.40. The lowest BCUT2D eigenvalue weighted by Crippen LogP contribution is -2.32. The molecular formula is C19H12Cl2F3N3O5. The fourth-order valence-corrected chi connectivity index (χ4v) is 3.48. The highest BCUT2D eigenvalue weighted by Gasteiger charge is 2.44. The van der Waals surface area contributed by atoms with Gasteiger partial charge in [-0.05, 0) is 31.2 Å². The van der Waals surface area contributed by atoms with Gasteiger partial charge < -0.3 is 15.2 Å². The molecule has 32 heavy (non-hydrogen) atoms. The quantitative estimate of drug-likeness (QED) is 0.507. The van der Waals surface area contributed by atoms with Crippen molar-refractivity contribution in [2.75, 3.05) is 5.32 Å². The zero-order valence-electron chi connectivity index (χ0n) is 15.9. The Labute approximate surface area is 187 Å². The zero-order valence-corrected chi connectivity index (χ0v) is 17.4. The van der Waals surface area contributed by atoms with Crippen LogP contribution in [0.25, 0.3) is 11.0 Å². The molecule has 3 rings (SSSR count). The molecule has 1 amide bonds. The van der Waals surface area contributed by atoms with Crippen LogP contribution in [0.4, 0.5) is 18.9 Å². The van der Waals surface area contributed by atoms with Gasteiger partial charge in [0.1, 0.15) is 11.3 Å². The number of nitrogens with one attached hydrogen (secondary N) is 1. The molecule has 0 saturated carbocycles. The molecule has 0 aliphatic rings. The smallest absolute Gasteiger partial charge is 0.477 e. The minimum atomic E-state index is -5.40. The summed E-state index contributed by atoms with van der Waals surface area (Å²) in [6.07, 6.45) is -7.75. The second-order valence-corrected chi connectivity index (χ2v) is 7.16. The van der Waals surface area contributed by atoms with Crippen LogP contribution in [0.5, 0.6) is 0 Å². The molecule has 1 aromatic heterocycles. The van der Waals surface area contributed by atoms with Crippen LogP contribution in [0.1, 0.15) is 22.4 Å². The van der Waals surface area contributed by atoms with Crippen LogP contribution >= 0.6 is 23.2 Å². The Hall–Kier alpha value is -3.31. The molecule has 0 radical (unpaired) electrons. The molecular weight excluding hydrogens is 478 g/mol. The third-order valence-electron chi connectivity index (χ3n) is 4.23. The van der Waals surface area contributed by atoms with Gasteiger partial charge in [-0.2, -0.15) is 13.2 Å². The largest absolute Gasteiger partial charge is 0.491 e. The number of carboxylic acid groups (broad SMARTS) is 1. The van der Waals surface area contributed by atoms with Crippen molar-refractivity contribution in [1.82, 2.24) is 9.55 Å². The molecule has 8 nitrogen and oxygen atoms in total. The Bertz CT molecular complexity index is 1220. The van der Waals surface area contributed by atoms with E-state index in [2.05, 4.69) is 15.0 Å². The number of alkyl halides is 3. The maximum absolute atomic E-state index is 12.7. The van der Waals surface area contributed by atoms with E-state index in [0.717, 1.165) is 4.57 Å². The summed E-state index contributed by atoms with van der Waals surface area (Å²) in [5.41, 5.74) is 0.104. The lowest BCUT2D eigenvalue weighted by molar-refractivity contribution is -0.212. The van der Waals surface area contributed by atoms with E-state index in [1.54, 1.807) is 6.07 Å². The molecule has 0 aliphatic carbocycles. The van der Waals surface area contributed by atoms with Crippen molar-refractivity contribution >= 4 is 57.8 Å². The Kier molecular flexibility index (Phi) is 6.33. The molecule has 0 spiro atoms. The number of imidazole rings is 1. The predicted octanol–water partition coefficient (Wildman–Crippen LogP) is 4.59. The first-order valence-electron chi connectivity index (χ1n) is 8.65. The maximum Gasteiger partial charge on any atom is 0.491 e. The fraction of sp³-hybridized carbons (Fsp3) is 0.158. The number of fused-ring (bicyclic) bond motifs is 1. The van der Waals surface area contributed by atoms with Crippen molar-refractivity contribution < 1.29 is 37.4 Å². The summed E-state index contributed by atoms with van der Waals surface area (Å²) >= 11 is 12.1. The van der Waals surface area contributed by atoms with Crippen LogP contribution in [-0.4, -0.2) is 38.7 Å². The van der Waals surface area contributed by atoms with Crippen LogP contribution in [0.3, 0.4) is 0 Å². The second-order valence-electron chi connectivity index (χ2n) is 6.35. The Morgan fingerprint density at radius 3 is 2.28 bits per heavy atom. The van der Waals surface area contributed by atoms with Crippen molar-refractivity contribution in [2.45, 2.75) is 19.3 Å². The molecule has 0 fully saturated rings. The van der Waals surface area contributed by atoms with E-state index in [-0.39, 0.29) is 38.2 Å². The lowest BCUT2D eigenvalue weighted by atomic mass is 10.2. The highest BCUT2D eigenvalue weighted by Crippen LogP contribution is 2.31. The third-order valence-corrected chi connectivity index (χ3v) is 4.86.